The van der Waals surface area contributed by atoms with Crippen LogP contribution < -0.4 is 0 Å². The highest BCUT2D eigenvalue weighted by molar-refractivity contribution is 5.14. The molecule has 2 unspecified atom stereocenters. The minimum atomic E-state index is -0.246. The van der Waals surface area contributed by atoms with Gasteiger partial charge in [-0.15, -0.1) is 0 Å². The van der Waals surface area contributed by atoms with E-state index in [1.165, 1.54) is 5.56 Å². The minimum Gasteiger partial charge on any atom is -0.391 e. The first-order valence-electron chi connectivity index (χ1n) is 6.27. The fraction of sp³-hybridized carbons (Fsp3) is 0.571. The first kappa shape index (κ1) is 12.6. The number of rotatable bonds is 4. The maximum absolute atomic E-state index is 9.91. The van der Waals surface area contributed by atoms with Gasteiger partial charge in [0.15, 0.2) is 0 Å². The molecule has 94 valence electrons. The Hall–Kier alpha value is -0.900. The molecule has 3 heteroatoms. The van der Waals surface area contributed by atoms with E-state index in [0.29, 0.717) is 13.2 Å². The molecule has 0 bridgehead atoms. The van der Waals surface area contributed by atoms with Crippen LogP contribution >= 0.6 is 0 Å². The van der Waals surface area contributed by atoms with Crippen LogP contribution in [0, 0.1) is 0 Å². The van der Waals surface area contributed by atoms with Crippen LogP contribution in [0.1, 0.15) is 12.0 Å². The van der Waals surface area contributed by atoms with Crippen molar-refractivity contribution in [3.8, 4) is 0 Å². The molecule has 0 aromatic heterocycles. The highest BCUT2D eigenvalue weighted by Crippen LogP contribution is 2.13. The molecule has 1 saturated heterocycles. The van der Waals surface area contributed by atoms with Crippen molar-refractivity contribution in [1.82, 2.24) is 4.90 Å². The zero-order valence-corrected chi connectivity index (χ0v) is 10.4. The van der Waals surface area contributed by atoms with E-state index in [1.807, 2.05) is 6.07 Å². The van der Waals surface area contributed by atoms with Gasteiger partial charge in [0.25, 0.3) is 0 Å². The van der Waals surface area contributed by atoms with Crippen LogP contribution in [0.3, 0.4) is 0 Å². The summed E-state index contributed by atoms with van der Waals surface area (Å²) in [5.74, 6) is 0. The standard InChI is InChI=1S/C14H21NO2/c1-15(13-11-17-10-8-14(13)16)9-7-12-5-3-2-4-6-12/h2-6,13-14,16H,7-11H2,1H3. The van der Waals surface area contributed by atoms with Crippen molar-refractivity contribution in [2.45, 2.75) is 25.0 Å². The van der Waals surface area contributed by atoms with E-state index in [2.05, 4.69) is 36.2 Å². The van der Waals surface area contributed by atoms with Gasteiger partial charge in [-0.1, -0.05) is 30.3 Å². The molecule has 3 nitrogen and oxygen atoms in total. The van der Waals surface area contributed by atoms with Gasteiger partial charge in [-0.25, -0.2) is 0 Å². The lowest BCUT2D eigenvalue weighted by molar-refractivity contribution is -0.0537. The largest absolute Gasteiger partial charge is 0.391 e. The Morgan fingerprint density at radius 3 is 2.82 bits per heavy atom. The summed E-state index contributed by atoms with van der Waals surface area (Å²) in [4.78, 5) is 2.21. The topological polar surface area (TPSA) is 32.7 Å². The van der Waals surface area contributed by atoms with Gasteiger partial charge in [-0.3, -0.25) is 4.90 Å². The number of hydrogen-bond donors (Lipinski definition) is 1. The Bertz CT molecular complexity index is 328. The van der Waals surface area contributed by atoms with Crippen LogP contribution in [-0.4, -0.2) is 49.0 Å². The number of likely N-dealkylation sites (N-methyl/N-ethyl adjacent to an activating group) is 1. The molecule has 2 rings (SSSR count). The van der Waals surface area contributed by atoms with Crippen LogP contribution in [0.25, 0.3) is 0 Å². The second-order valence-electron chi connectivity index (χ2n) is 4.71. The number of aliphatic hydroxyl groups excluding tert-OH is 1. The van der Waals surface area contributed by atoms with Gasteiger partial charge < -0.3 is 9.84 Å². The molecule has 1 heterocycles. The lowest BCUT2D eigenvalue weighted by Gasteiger charge is -2.35. The molecule has 1 N–H and O–H groups in total. The lowest BCUT2D eigenvalue weighted by atomic mass is 10.0. The molecule has 0 aliphatic carbocycles. The van der Waals surface area contributed by atoms with Gasteiger partial charge in [-0.05, 0) is 25.5 Å². The summed E-state index contributed by atoms with van der Waals surface area (Å²) in [6.07, 6.45) is 1.52. The number of benzene rings is 1. The first-order chi connectivity index (χ1) is 8.27. The van der Waals surface area contributed by atoms with Crippen molar-refractivity contribution >= 4 is 0 Å². The fourth-order valence-electron chi connectivity index (χ4n) is 2.25. The van der Waals surface area contributed by atoms with Crippen molar-refractivity contribution in [2.24, 2.45) is 0 Å². The second kappa shape index (κ2) is 6.15. The monoisotopic (exact) mass is 235 g/mol. The van der Waals surface area contributed by atoms with Crippen molar-refractivity contribution < 1.29 is 9.84 Å². The Labute approximate surface area is 103 Å². The van der Waals surface area contributed by atoms with Crippen LogP contribution in [0.2, 0.25) is 0 Å². The summed E-state index contributed by atoms with van der Waals surface area (Å²) in [6.45, 7) is 2.28. The summed E-state index contributed by atoms with van der Waals surface area (Å²) in [5, 5.41) is 9.91. The molecule has 1 aliphatic rings. The van der Waals surface area contributed by atoms with Crippen LogP contribution in [0.15, 0.2) is 30.3 Å². The molecular formula is C14H21NO2. The summed E-state index contributed by atoms with van der Waals surface area (Å²) in [6, 6.07) is 10.6. The van der Waals surface area contributed by atoms with Crippen molar-refractivity contribution in [2.75, 3.05) is 26.8 Å². The average Bonchev–Trinajstić information content (AvgIpc) is 2.38. The first-order valence-corrected chi connectivity index (χ1v) is 6.27. The number of hydrogen-bond acceptors (Lipinski definition) is 3. The third-order valence-corrected chi connectivity index (χ3v) is 3.45. The molecular weight excluding hydrogens is 214 g/mol. The minimum absolute atomic E-state index is 0.146. The van der Waals surface area contributed by atoms with Crippen molar-refractivity contribution in [1.29, 1.82) is 0 Å². The van der Waals surface area contributed by atoms with E-state index >= 15 is 0 Å². The van der Waals surface area contributed by atoms with Crippen LogP contribution in [0.4, 0.5) is 0 Å². The zero-order valence-electron chi connectivity index (χ0n) is 10.4. The molecule has 0 spiro atoms. The third kappa shape index (κ3) is 3.53. The zero-order chi connectivity index (χ0) is 12.1. The van der Waals surface area contributed by atoms with E-state index in [9.17, 15) is 5.11 Å². The average molecular weight is 235 g/mol. The fourth-order valence-corrected chi connectivity index (χ4v) is 2.25. The molecule has 1 aromatic carbocycles. The molecule has 1 aliphatic heterocycles. The molecule has 2 atom stereocenters. The van der Waals surface area contributed by atoms with Gasteiger partial charge in [0.2, 0.25) is 0 Å². The number of aliphatic hydroxyl groups is 1. The number of nitrogens with zero attached hydrogens (tertiary/aromatic N) is 1. The molecule has 17 heavy (non-hydrogen) atoms. The van der Waals surface area contributed by atoms with Crippen molar-refractivity contribution in [3.63, 3.8) is 0 Å². The van der Waals surface area contributed by atoms with Gasteiger partial charge in [-0.2, -0.15) is 0 Å². The molecule has 1 fully saturated rings. The summed E-state index contributed by atoms with van der Waals surface area (Å²) in [7, 11) is 2.06. The van der Waals surface area contributed by atoms with Crippen molar-refractivity contribution in [3.05, 3.63) is 35.9 Å². The van der Waals surface area contributed by atoms with Gasteiger partial charge in [0.1, 0.15) is 0 Å². The van der Waals surface area contributed by atoms with E-state index < -0.39 is 0 Å². The van der Waals surface area contributed by atoms with Crippen LogP contribution in [0.5, 0.6) is 0 Å². The summed E-state index contributed by atoms with van der Waals surface area (Å²) >= 11 is 0. The van der Waals surface area contributed by atoms with Gasteiger partial charge in [0, 0.05) is 13.2 Å². The molecule has 1 aromatic rings. The molecule has 0 saturated carbocycles. The quantitative estimate of drug-likeness (QED) is 0.854. The Morgan fingerprint density at radius 1 is 1.35 bits per heavy atom. The van der Waals surface area contributed by atoms with E-state index in [0.717, 1.165) is 19.4 Å². The lowest BCUT2D eigenvalue weighted by Crippen LogP contribution is -2.48. The Morgan fingerprint density at radius 2 is 2.12 bits per heavy atom. The maximum atomic E-state index is 9.91. The van der Waals surface area contributed by atoms with E-state index in [4.69, 9.17) is 4.74 Å². The predicted octanol–water partition coefficient (Wildman–Crippen LogP) is 1.31. The highest BCUT2D eigenvalue weighted by Gasteiger charge is 2.26. The van der Waals surface area contributed by atoms with Crippen LogP contribution in [-0.2, 0) is 11.2 Å². The van der Waals surface area contributed by atoms with E-state index in [-0.39, 0.29) is 12.1 Å². The van der Waals surface area contributed by atoms with Gasteiger partial charge in [0.05, 0.1) is 18.8 Å². The van der Waals surface area contributed by atoms with E-state index in [1.54, 1.807) is 0 Å². The maximum Gasteiger partial charge on any atom is 0.0739 e. The number of ether oxygens (including phenoxy) is 1. The highest BCUT2D eigenvalue weighted by atomic mass is 16.5. The third-order valence-electron chi connectivity index (χ3n) is 3.45. The SMILES string of the molecule is CN(CCc1ccccc1)C1COCCC1O. The Kier molecular flexibility index (Phi) is 4.54. The van der Waals surface area contributed by atoms with Gasteiger partial charge >= 0.3 is 0 Å². The predicted molar refractivity (Wildman–Crippen MR) is 68.0 cm³/mol. The summed E-state index contributed by atoms with van der Waals surface area (Å²) in [5.41, 5.74) is 1.34. The normalized spacial score (nSPS) is 25.1. The smallest absolute Gasteiger partial charge is 0.0739 e. The Balaban J connectivity index is 1.82. The summed E-state index contributed by atoms with van der Waals surface area (Å²) < 4.78 is 5.42. The molecule has 0 radical (unpaired) electrons. The molecule has 0 amide bonds. The second-order valence-corrected chi connectivity index (χ2v) is 4.71.